The Morgan fingerprint density at radius 1 is 1.00 bits per heavy atom. The molecule has 4 aromatic rings. The molecule has 2 amide bonds. The summed E-state index contributed by atoms with van der Waals surface area (Å²) in [5.74, 6) is 0.739. The summed E-state index contributed by atoms with van der Waals surface area (Å²) in [5.41, 5.74) is 3.47. The highest BCUT2D eigenvalue weighted by Crippen LogP contribution is 2.17. The van der Waals surface area contributed by atoms with Crippen molar-refractivity contribution in [3.63, 3.8) is 0 Å². The van der Waals surface area contributed by atoms with Crippen LogP contribution in [0.1, 0.15) is 33.0 Å². The van der Waals surface area contributed by atoms with Gasteiger partial charge in [0, 0.05) is 23.4 Å². The van der Waals surface area contributed by atoms with Gasteiger partial charge in [0.1, 0.15) is 12.4 Å². The molecule has 0 atom stereocenters. The second kappa shape index (κ2) is 10.2. The number of aromatic nitrogens is 2. The topological polar surface area (TPSA) is 76.0 Å². The first-order valence-corrected chi connectivity index (χ1v) is 11.6. The van der Waals surface area contributed by atoms with Gasteiger partial charge in [-0.25, -0.2) is 4.98 Å². The van der Waals surface area contributed by atoms with E-state index in [1.54, 1.807) is 11.3 Å². The van der Waals surface area contributed by atoms with Crippen LogP contribution in [0.25, 0.3) is 11.0 Å². The van der Waals surface area contributed by atoms with Gasteiger partial charge in [-0.3, -0.25) is 9.59 Å². The summed E-state index contributed by atoms with van der Waals surface area (Å²) in [7, 11) is 0. The van der Waals surface area contributed by atoms with Gasteiger partial charge in [-0.05, 0) is 48.6 Å². The van der Waals surface area contributed by atoms with E-state index >= 15 is 0 Å². The molecule has 0 radical (unpaired) electrons. The SMILES string of the molecule is Cc1ccccc1C(=O)NCCCc1nc2ccccc2n1CC(=O)NCc1cccs1. The molecule has 32 heavy (non-hydrogen) atoms. The van der Waals surface area contributed by atoms with Crippen molar-refractivity contribution in [2.45, 2.75) is 32.9 Å². The number of rotatable bonds is 9. The first-order valence-electron chi connectivity index (χ1n) is 10.7. The maximum absolute atomic E-state index is 12.6. The van der Waals surface area contributed by atoms with E-state index in [1.165, 1.54) is 0 Å². The van der Waals surface area contributed by atoms with E-state index in [4.69, 9.17) is 4.98 Å². The van der Waals surface area contributed by atoms with Crippen LogP contribution in [-0.2, 0) is 24.3 Å². The predicted octanol–water partition coefficient (Wildman–Crippen LogP) is 4.09. The molecule has 0 aliphatic carbocycles. The highest BCUT2D eigenvalue weighted by molar-refractivity contribution is 7.09. The van der Waals surface area contributed by atoms with Crippen LogP contribution in [-0.4, -0.2) is 27.9 Å². The number of aryl methyl sites for hydroxylation is 2. The quantitative estimate of drug-likeness (QED) is 0.380. The van der Waals surface area contributed by atoms with Gasteiger partial charge in [0.05, 0.1) is 17.6 Å². The van der Waals surface area contributed by atoms with Gasteiger partial charge in [0.2, 0.25) is 5.91 Å². The Bertz CT molecular complexity index is 1210. The molecule has 0 spiro atoms. The fourth-order valence-electron chi connectivity index (χ4n) is 3.66. The lowest BCUT2D eigenvalue weighted by molar-refractivity contribution is -0.121. The van der Waals surface area contributed by atoms with Crippen molar-refractivity contribution in [3.8, 4) is 0 Å². The van der Waals surface area contributed by atoms with Gasteiger partial charge in [0.25, 0.3) is 5.91 Å². The number of amides is 2. The van der Waals surface area contributed by atoms with Crippen LogP contribution in [0.2, 0.25) is 0 Å². The minimum Gasteiger partial charge on any atom is -0.352 e. The molecule has 0 fully saturated rings. The summed E-state index contributed by atoms with van der Waals surface area (Å²) < 4.78 is 1.97. The number of imidazole rings is 1. The summed E-state index contributed by atoms with van der Waals surface area (Å²) >= 11 is 1.63. The largest absolute Gasteiger partial charge is 0.352 e. The monoisotopic (exact) mass is 446 g/mol. The zero-order valence-corrected chi connectivity index (χ0v) is 18.8. The molecule has 0 saturated heterocycles. The Morgan fingerprint density at radius 2 is 1.81 bits per heavy atom. The summed E-state index contributed by atoms with van der Waals surface area (Å²) in [5, 5.41) is 7.97. The standard InChI is InChI=1S/C25H26N4O2S/c1-18-8-2-3-10-20(18)25(31)26-14-6-13-23-28-21-11-4-5-12-22(21)29(23)17-24(30)27-16-19-9-7-15-32-19/h2-5,7-12,15H,6,13-14,16-17H2,1H3,(H,26,31)(H,27,30). The number of para-hydroxylation sites is 2. The lowest BCUT2D eigenvalue weighted by atomic mass is 10.1. The van der Waals surface area contributed by atoms with Crippen LogP contribution in [0, 0.1) is 6.92 Å². The molecular weight excluding hydrogens is 420 g/mol. The average Bonchev–Trinajstić information content (AvgIpc) is 3.44. The molecule has 0 bridgehead atoms. The highest BCUT2D eigenvalue weighted by Gasteiger charge is 2.14. The fraction of sp³-hybridized carbons (Fsp3) is 0.240. The molecule has 164 valence electrons. The molecule has 2 aromatic heterocycles. The molecule has 6 nitrogen and oxygen atoms in total. The van der Waals surface area contributed by atoms with E-state index in [1.807, 2.05) is 77.5 Å². The molecule has 0 saturated carbocycles. The van der Waals surface area contributed by atoms with Gasteiger partial charge >= 0.3 is 0 Å². The van der Waals surface area contributed by atoms with Crippen LogP contribution in [0.5, 0.6) is 0 Å². The number of thiophene rings is 1. The molecule has 7 heteroatoms. The fourth-order valence-corrected chi connectivity index (χ4v) is 4.31. The number of carbonyl (C=O) groups excluding carboxylic acids is 2. The Balaban J connectivity index is 1.38. The smallest absolute Gasteiger partial charge is 0.251 e. The molecule has 2 heterocycles. The minimum absolute atomic E-state index is 0.0457. The van der Waals surface area contributed by atoms with Crippen LogP contribution in [0.4, 0.5) is 0 Å². The van der Waals surface area contributed by atoms with Crippen molar-refractivity contribution >= 4 is 34.2 Å². The number of fused-ring (bicyclic) bond motifs is 1. The second-order valence-corrected chi connectivity index (χ2v) is 8.67. The van der Waals surface area contributed by atoms with Gasteiger partial charge in [-0.1, -0.05) is 36.4 Å². The number of carbonyl (C=O) groups is 2. The summed E-state index contributed by atoms with van der Waals surface area (Å²) in [4.78, 5) is 30.9. The summed E-state index contributed by atoms with van der Waals surface area (Å²) in [6, 6.07) is 19.4. The van der Waals surface area contributed by atoms with E-state index in [0.29, 0.717) is 25.1 Å². The Kier molecular flexibility index (Phi) is 6.97. The third kappa shape index (κ3) is 5.23. The van der Waals surface area contributed by atoms with E-state index in [2.05, 4.69) is 10.6 Å². The highest BCUT2D eigenvalue weighted by atomic mass is 32.1. The van der Waals surface area contributed by atoms with Crippen LogP contribution in [0.15, 0.2) is 66.0 Å². The summed E-state index contributed by atoms with van der Waals surface area (Å²) in [6.45, 7) is 3.22. The van der Waals surface area contributed by atoms with Gasteiger partial charge in [-0.15, -0.1) is 11.3 Å². The van der Waals surface area contributed by atoms with E-state index in [0.717, 1.165) is 33.7 Å². The second-order valence-electron chi connectivity index (χ2n) is 7.63. The number of nitrogens with one attached hydrogen (secondary N) is 2. The lowest BCUT2D eigenvalue weighted by Crippen LogP contribution is -2.28. The van der Waals surface area contributed by atoms with Crippen molar-refractivity contribution in [2.75, 3.05) is 6.54 Å². The maximum Gasteiger partial charge on any atom is 0.251 e. The number of benzene rings is 2. The van der Waals surface area contributed by atoms with Crippen molar-refractivity contribution < 1.29 is 9.59 Å². The molecule has 4 rings (SSSR count). The predicted molar refractivity (Wildman–Crippen MR) is 128 cm³/mol. The molecule has 2 aromatic carbocycles. The first kappa shape index (κ1) is 21.8. The number of hydrogen-bond donors (Lipinski definition) is 2. The molecular formula is C25H26N4O2S. The van der Waals surface area contributed by atoms with Crippen molar-refractivity contribution in [2.24, 2.45) is 0 Å². The van der Waals surface area contributed by atoms with Crippen LogP contribution >= 0.6 is 11.3 Å². The first-order chi connectivity index (χ1) is 15.6. The molecule has 0 aliphatic heterocycles. The van der Waals surface area contributed by atoms with E-state index < -0.39 is 0 Å². The molecule has 0 unspecified atom stereocenters. The van der Waals surface area contributed by atoms with Crippen molar-refractivity contribution in [1.29, 1.82) is 0 Å². The minimum atomic E-state index is -0.0652. The van der Waals surface area contributed by atoms with Gasteiger partial charge < -0.3 is 15.2 Å². The molecule has 2 N–H and O–H groups in total. The third-order valence-corrected chi connectivity index (χ3v) is 6.20. The Hall–Kier alpha value is -3.45. The number of nitrogens with zero attached hydrogens (tertiary/aromatic N) is 2. The van der Waals surface area contributed by atoms with Crippen molar-refractivity contribution in [3.05, 3.63) is 87.9 Å². The third-order valence-electron chi connectivity index (χ3n) is 5.33. The summed E-state index contributed by atoms with van der Waals surface area (Å²) in [6.07, 6.45) is 1.40. The normalized spacial score (nSPS) is 10.9. The van der Waals surface area contributed by atoms with Gasteiger partial charge in [-0.2, -0.15) is 0 Å². The lowest BCUT2D eigenvalue weighted by Gasteiger charge is -2.10. The Morgan fingerprint density at radius 3 is 2.62 bits per heavy atom. The van der Waals surface area contributed by atoms with E-state index in [-0.39, 0.29) is 18.4 Å². The van der Waals surface area contributed by atoms with Crippen molar-refractivity contribution in [1.82, 2.24) is 20.2 Å². The average molecular weight is 447 g/mol. The molecule has 0 aliphatic rings. The number of hydrogen-bond acceptors (Lipinski definition) is 4. The zero-order valence-electron chi connectivity index (χ0n) is 18.0. The van der Waals surface area contributed by atoms with Crippen LogP contribution in [0.3, 0.4) is 0 Å². The Labute approximate surface area is 191 Å². The van der Waals surface area contributed by atoms with Gasteiger partial charge in [0.15, 0.2) is 0 Å². The van der Waals surface area contributed by atoms with Crippen LogP contribution < -0.4 is 10.6 Å². The van der Waals surface area contributed by atoms with E-state index in [9.17, 15) is 9.59 Å². The maximum atomic E-state index is 12.6. The zero-order chi connectivity index (χ0) is 22.3.